The predicted molar refractivity (Wildman–Crippen MR) is 72.4 cm³/mol. The average molecular weight is 268 g/mol. The number of hydrogen-bond donors (Lipinski definition) is 1. The van der Waals surface area contributed by atoms with E-state index in [0.29, 0.717) is 12.1 Å². The molecule has 0 radical (unpaired) electrons. The molecule has 0 fully saturated rings. The van der Waals surface area contributed by atoms with Gasteiger partial charge in [-0.15, -0.1) is 5.10 Å². The van der Waals surface area contributed by atoms with Crippen molar-refractivity contribution in [1.29, 1.82) is 0 Å². The number of aromatic nitrogens is 3. The van der Waals surface area contributed by atoms with Gasteiger partial charge in [0.1, 0.15) is 12.2 Å². The van der Waals surface area contributed by atoms with Crippen LogP contribution in [0.2, 0.25) is 0 Å². The Hall–Kier alpha value is -1.43. The Morgan fingerprint density at radius 1 is 1.37 bits per heavy atom. The van der Waals surface area contributed by atoms with Crippen molar-refractivity contribution >= 4 is 5.91 Å². The number of nitrogens with zero attached hydrogens (tertiary/aromatic N) is 4. The first-order valence-electron chi connectivity index (χ1n) is 6.76. The van der Waals surface area contributed by atoms with E-state index in [2.05, 4.69) is 10.3 Å². The zero-order chi connectivity index (χ0) is 14.6. The zero-order valence-electron chi connectivity index (χ0n) is 12.4. The highest BCUT2D eigenvalue weighted by Crippen LogP contribution is 2.12. The molecule has 1 aromatic heterocycles. The molecule has 0 saturated carbocycles. The number of amides is 1. The first-order valence-corrected chi connectivity index (χ1v) is 6.76. The summed E-state index contributed by atoms with van der Waals surface area (Å²) in [5.74, 6) is 0.00689. The average Bonchev–Trinajstić information content (AvgIpc) is 2.75. The van der Waals surface area contributed by atoms with Crippen molar-refractivity contribution in [2.45, 2.75) is 65.8 Å². The fraction of sp³-hybridized carbons (Fsp3) is 0.769. The zero-order valence-corrected chi connectivity index (χ0v) is 12.4. The molecular weight excluding hydrogens is 244 g/mol. The predicted octanol–water partition coefficient (Wildman–Crippen LogP) is 1.37. The summed E-state index contributed by atoms with van der Waals surface area (Å²) >= 11 is 0. The summed E-state index contributed by atoms with van der Waals surface area (Å²) in [6.07, 6.45) is 1.59. The van der Waals surface area contributed by atoms with Gasteiger partial charge in [0.2, 0.25) is 5.91 Å². The summed E-state index contributed by atoms with van der Waals surface area (Å²) in [5, 5.41) is 17.4. The lowest BCUT2D eigenvalue weighted by Crippen LogP contribution is -2.43. The topological polar surface area (TPSA) is 71.2 Å². The number of carbonyl (C=O) groups is 1. The van der Waals surface area contributed by atoms with Gasteiger partial charge in [0.15, 0.2) is 0 Å². The second-order valence-corrected chi connectivity index (χ2v) is 5.25. The van der Waals surface area contributed by atoms with Gasteiger partial charge in [-0.1, -0.05) is 12.1 Å². The van der Waals surface area contributed by atoms with Gasteiger partial charge in [-0.05, 0) is 34.1 Å². The summed E-state index contributed by atoms with van der Waals surface area (Å²) in [5.41, 5.74) is 0.510. The van der Waals surface area contributed by atoms with Gasteiger partial charge in [-0.2, -0.15) is 0 Å². The molecular formula is C13H24N4O2. The minimum atomic E-state index is -0.616. The molecule has 0 saturated heterocycles. The maximum absolute atomic E-state index is 12.2. The molecule has 0 spiro atoms. The molecule has 1 heterocycles. The monoisotopic (exact) mass is 268 g/mol. The fourth-order valence-electron chi connectivity index (χ4n) is 2.14. The van der Waals surface area contributed by atoms with Crippen LogP contribution in [0, 0.1) is 0 Å². The van der Waals surface area contributed by atoms with Gasteiger partial charge in [0.25, 0.3) is 0 Å². The molecule has 108 valence electrons. The molecule has 19 heavy (non-hydrogen) atoms. The van der Waals surface area contributed by atoms with Crippen LogP contribution in [0.1, 0.15) is 52.8 Å². The Morgan fingerprint density at radius 3 is 2.42 bits per heavy atom. The Morgan fingerprint density at radius 2 is 1.95 bits per heavy atom. The number of rotatable bonds is 6. The molecule has 1 unspecified atom stereocenters. The number of aliphatic hydroxyl groups is 1. The summed E-state index contributed by atoms with van der Waals surface area (Å²) < 4.78 is 1.48. The van der Waals surface area contributed by atoms with E-state index >= 15 is 0 Å². The molecule has 1 amide bonds. The molecule has 6 heteroatoms. The van der Waals surface area contributed by atoms with Gasteiger partial charge in [-0.25, -0.2) is 4.68 Å². The Labute approximate surface area is 114 Å². The summed E-state index contributed by atoms with van der Waals surface area (Å²) in [4.78, 5) is 14.0. The molecule has 1 aromatic rings. The van der Waals surface area contributed by atoms with Crippen molar-refractivity contribution in [3.05, 3.63) is 11.9 Å². The molecule has 1 atom stereocenters. The Bertz CT molecular complexity index is 407. The SMILES string of the molecule is CCC(O)c1cn(CC(=O)N(C(C)C)C(C)C)nn1. The largest absolute Gasteiger partial charge is 0.387 e. The van der Waals surface area contributed by atoms with Gasteiger partial charge in [0, 0.05) is 12.1 Å². The summed E-state index contributed by atoms with van der Waals surface area (Å²) in [7, 11) is 0. The fourth-order valence-corrected chi connectivity index (χ4v) is 2.14. The maximum atomic E-state index is 12.2. The van der Waals surface area contributed by atoms with Crippen LogP contribution < -0.4 is 0 Å². The lowest BCUT2D eigenvalue weighted by atomic mass is 10.2. The maximum Gasteiger partial charge on any atom is 0.244 e. The van der Waals surface area contributed by atoms with Crippen molar-refractivity contribution in [3.63, 3.8) is 0 Å². The van der Waals surface area contributed by atoms with Gasteiger partial charge < -0.3 is 10.0 Å². The molecule has 1 rings (SSSR count). The standard InChI is InChI=1S/C13H24N4O2/c1-6-12(18)11-7-16(15-14-11)8-13(19)17(9(2)3)10(4)5/h7,9-10,12,18H,6,8H2,1-5H3. The minimum Gasteiger partial charge on any atom is -0.387 e. The smallest absolute Gasteiger partial charge is 0.244 e. The van der Waals surface area contributed by atoms with Crippen molar-refractivity contribution in [3.8, 4) is 0 Å². The molecule has 1 N–H and O–H groups in total. The first-order chi connectivity index (χ1) is 8.86. The van der Waals surface area contributed by atoms with Crippen molar-refractivity contribution in [2.75, 3.05) is 0 Å². The molecule has 0 aliphatic heterocycles. The number of aliphatic hydroxyl groups excluding tert-OH is 1. The van der Waals surface area contributed by atoms with Crippen LogP contribution in [0.5, 0.6) is 0 Å². The number of hydrogen-bond acceptors (Lipinski definition) is 4. The molecule has 0 aliphatic rings. The van der Waals surface area contributed by atoms with Crippen LogP contribution in [-0.4, -0.2) is 43.0 Å². The highest BCUT2D eigenvalue weighted by Gasteiger charge is 2.21. The van der Waals surface area contributed by atoms with E-state index in [0.717, 1.165) is 0 Å². The van der Waals surface area contributed by atoms with Crippen LogP contribution in [0.4, 0.5) is 0 Å². The van der Waals surface area contributed by atoms with Gasteiger partial charge in [0.05, 0.1) is 12.3 Å². The molecule has 0 bridgehead atoms. The quantitative estimate of drug-likeness (QED) is 0.845. The molecule has 0 aromatic carbocycles. The summed E-state index contributed by atoms with van der Waals surface area (Å²) in [6, 6.07) is 0.299. The molecule has 0 aliphatic carbocycles. The van der Waals surface area contributed by atoms with Gasteiger partial charge in [-0.3, -0.25) is 4.79 Å². The van der Waals surface area contributed by atoms with Crippen LogP contribution in [0.25, 0.3) is 0 Å². The normalized spacial score (nSPS) is 13.1. The highest BCUT2D eigenvalue weighted by molar-refractivity contribution is 5.76. The highest BCUT2D eigenvalue weighted by atomic mass is 16.3. The van der Waals surface area contributed by atoms with Crippen molar-refractivity contribution in [2.24, 2.45) is 0 Å². The van der Waals surface area contributed by atoms with Crippen LogP contribution >= 0.6 is 0 Å². The number of carbonyl (C=O) groups excluding carboxylic acids is 1. The van der Waals surface area contributed by atoms with E-state index in [9.17, 15) is 9.90 Å². The summed E-state index contributed by atoms with van der Waals surface area (Å²) in [6.45, 7) is 9.99. The lowest BCUT2D eigenvalue weighted by molar-refractivity contribution is -0.135. The van der Waals surface area contributed by atoms with Crippen LogP contribution in [-0.2, 0) is 11.3 Å². The van der Waals surface area contributed by atoms with Crippen molar-refractivity contribution in [1.82, 2.24) is 19.9 Å². The van der Waals surface area contributed by atoms with E-state index in [4.69, 9.17) is 0 Å². The van der Waals surface area contributed by atoms with Gasteiger partial charge >= 0.3 is 0 Å². The third-order valence-corrected chi connectivity index (χ3v) is 2.98. The van der Waals surface area contributed by atoms with Crippen molar-refractivity contribution < 1.29 is 9.90 Å². The van der Waals surface area contributed by atoms with E-state index < -0.39 is 6.10 Å². The van der Waals surface area contributed by atoms with E-state index in [1.165, 1.54) is 4.68 Å². The molecule has 6 nitrogen and oxygen atoms in total. The third kappa shape index (κ3) is 4.02. The van der Waals surface area contributed by atoms with E-state index in [1.54, 1.807) is 6.20 Å². The second kappa shape index (κ2) is 6.65. The van der Waals surface area contributed by atoms with Crippen LogP contribution in [0.15, 0.2) is 6.20 Å². The third-order valence-electron chi connectivity index (χ3n) is 2.98. The van der Waals surface area contributed by atoms with E-state index in [1.807, 2.05) is 39.5 Å². The Kier molecular flexibility index (Phi) is 5.47. The van der Waals surface area contributed by atoms with E-state index in [-0.39, 0.29) is 24.5 Å². The van der Waals surface area contributed by atoms with Crippen LogP contribution in [0.3, 0.4) is 0 Å². The lowest BCUT2D eigenvalue weighted by Gasteiger charge is -2.30. The first kappa shape index (κ1) is 15.6. The minimum absolute atomic E-state index is 0.00689. The Balaban J connectivity index is 2.73. The second-order valence-electron chi connectivity index (χ2n) is 5.25.